The number of amides is 1. The van der Waals surface area contributed by atoms with Crippen LogP contribution in [0.1, 0.15) is 12.0 Å². The third kappa shape index (κ3) is 3.76. The number of nitrogens with one attached hydrogen (secondary N) is 1. The molecule has 1 amide bonds. The van der Waals surface area contributed by atoms with E-state index in [0.29, 0.717) is 18.0 Å². The smallest absolute Gasteiger partial charge is 0.241 e. The van der Waals surface area contributed by atoms with Gasteiger partial charge in [0, 0.05) is 23.6 Å². The van der Waals surface area contributed by atoms with Gasteiger partial charge in [-0.15, -0.1) is 0 Å². The lowest BCUT2D eigenvalue weighted by Crippen LogP contribution is -2.19. The normalized spacial score (nSPS) is 11.2. The molecule has 0 radical (unpaired) electrons. The summed E-state index contributed by atoms with van der Waals surface area (Å²) in [6.45, 7) is 0.550. The average molecular weight is 327 g/mol. The number of nitrogens with zero attached hydrogens (tertiary/aromatic N) is 3. The Labute approximate surface area is 138 Å². The van der Waals surface area contributed by atoms with Gasteiger partial charge in [0.25, 0.3) is 0 Å². The van der Waals surface area contributed by atoms with E-state index in [2.05, 4.69) is 15.5 Å². The summed E-state index contributed by atoms with van der Waals surface area (Å²) in [6, 6.07) is 15.1. The number of imidazole rings is 1. The van der Waals surface area contributed by atoms with Crippen LogP contribution in [0.15, 0.2) is 60.0 Å². The van der Waals surface area contributed by atoms with E-state index in [4.69, 9.17) is 11.6 Å². The van der Waals surface area contributed by atoms with E-state index in [1.807, 2.05) is 47.0 Å². The third-order valence-corrected chi connectivity index (χ3v) is 3.75. The molecule has 6 heteroatoms. The van der Waals surface area contributed by atoms with Crippen molar-refractivity contribution in [1.82, 2.24) is 15.0 Å². The standard InChI is InChI=1S/C17H15ClN4O/c18-14-6-2-1-5-13(14)11-20-21-17(23)9-10-22-12-19-15-7-3-4-8-16(15)22/h1-8,11-12H,9-10H2,(H,21,23). The molecule has 0 aliphatic rings. The number of rotatable bonds is 5. The van der Waals surface area contributed by atoms with Crippen molar-refractivity contribution < 1.29 is 4.79 Å². The second-order valence-electron chi connectivity index (χ2n) is 4.99. The minimum atomic E-state index is -0.161. The first kappa shape index (κ1) is 15.2. The molecule has 0 spiro atoms. The van der Waals surface area contributed by atoms with E-state index < -0.39 is 0 Å². The van der Waals surface area contributed by atoms with E-state index in [9.17, 15) is 4.79 Å². The van der Waals surface area contributed by atoms with E-state index in [0.717, 1.165) is 16.6 Å². The molecule has 1 heterocycles. The first-order valence-electron chi connectivity index (χ1n) is 7.20. The molecular formula is C17H15ClN4O. The number of aryl methyl sites for hydroxylation is 1. The van der Waals surface area contributed by atoms with Crippen molar-refractivity contribution in [2.75, 3.05) is 0 Å². The summed E-state index contributed by atoms with van der Waals surface area (Å²) in [4.78, 5) is 16.2. The van der Waals surface area contributed by atoms with Gasteiger partial charge in [0.2, 0.25) is 5.91 Å². The summed E-state index contributed by atoms with van der Waals surface area (Å²) in [5.74, 6) is -0.161. The number of para-hydroxylation sites is 2. The predicted octanol–water partition coefficient (Wildman–Crippen LogP) is 3.23. The zero-order valence-electron chi connectivity index (χ0n) is 12.3. The molecule has 0 saturated heterocycles. The summed E-state index contributed by atoms with van der Waals surface area (Å²) >= 11 is 6.01. The number of carbonyl (C=O) groups excluding carboxylic acids is 1. The number of halogens is 1. The molecule has 0 fully saturated rings. The molecule has 5 nitrogen and oxygen atoms in total. The van der Waals surface area contributed by atoms with Crippen LogP contribution in [0.4, 0.5) is 0 Å². The van der Waals surface area contributed by atoms with Gasteiger partial charge in [-0.3, -0.25) is 4.79 Å². The molecule has 0 aliphatic heterocycles. The van der Waals surface area contributed by atoms with Crippen LogP contribution in [0.25, 0.3) is 11.0 Å². The maximum absolute atomic E-state index is 11.9. The molecule has 0 atom stereocenters. The van der Waals surface area contributed by atoms with Crippen LogP contribution in [0.2, 0.25) is 5.02 Å². The highest BCUT2D eigenvalue weighted by atomic mass is 35.5. The van der Waals surface area contributed by atoms with Gasteiger partial charge in [-0.1, -0.05) is 41.9 Å². The average Bonchev–Trinajstić information content (AvgIpc) is 2.98. The Balaban J connectivity index is 1.55. The fourth-order valence-corrected chi connectivity index (χ4v) is 2.40. The Kier molecular flexibility index (Phi) is 4.68. The van der Waals surface area contributed by atoms with Gasteiger partial charge in [0.05, 0.1) is 23.6 Å². The van der Waals surface area contributed by atoms with Crippen molar-refractivity contribution in [2.45, 2.75) is 13.0 Å². The maximum Gasteiger partial charge on any atom is 0.241 e. The van der Waals surface area contributed by atoms with Gasteiger partial charge in [-0.05, 0) is 18.2 Å². The van der Waals surface area contributed by atoms with Crippen LogP contribution in [0.5, 0.6) is 0 Å². The highest BCUT2D eigenvalue weighted by Gasteiger charge is 2.04. The molecule has 3 rings (SSSR count). The summed E-state index contributed by atoms with van der Waals surface area (Å²) in [6.07, 6.45) is 3.60. The predicted molar refractivity (Wildman–Crippen MR) is 91.5 cm³/mol. The maximum atomic E-state index is 11.9. The Morgan fingerprint density at radius 2 is 2.00 bits per heavy atom. The Morgan fingerprint density at radius 1 is 1.22 bits per heavy atom. The quantitative estimate of drug-likeness (QED) is 0.578. The Bertz CT molecular complexity index is 856. The molecule has 1 aromatic heterocycles. The number of aromatic nitrogens is 2. The van der Waals surface area contributed by atoms with Crippen LogP contribution in [-0.2, 0) is 11.3 Å². The van der Waals surface area contributed by atoms with Crippen LogP contribution >= 0.6 is 11.6 Å². The topological polar surface area (TPSA) is 59.3 Å². The molecule has 0 unspecified atom stereocenters. The largest absolute Gasteiger partial charge is 0.330 e. The van der Waals surface area contributed by atoms with E-state index >= 15 is 0 Å². The van der Waals surface area contributed by atoms with Crippen LogP contribution in [0, 0.1) is 0 Å². The van der Waals surface area contributed by atoms with Crippen molar-refractivity contribution >= 4 is 34.8 Å². The summed E-state index contributed by atoms with van der Waals surface area (Å²) in [5, 5.41) is 4.52. The summed E-state index contributed by atoms with van der Waals surface area (Å²) in [7, 11) is 0. The molecule has 23 heavy (non-hydrogen) atoms. The lowest BCUT2D eigenvalue weighted by Gasteiger charge is -2.03. The minimum absolute atomic E-state index is 0.161. The second kappa shape index (κ2) is 7.07. The van der Waals surface area contributed by atoms with Crippen LogP contribution in [-0.4, -0.2) is 21.7 Å². The van der Waals surface area contributed by atoms with Crippen molar-refractivity contribution in [2.24, 2.45) is 5.10 Å². The Morgan fingerprint density at radius 3 is 2.87 bits per heavy atom. The van der Waals surface area contributed by atoms with E-state index in [1.54, 1.807) is 12.4 Å². The number of hydrogen-bond donors (Lipinski definition) is 1. The van der Waals surface area contributed by atoms with Crippen molar-refractivity contribution in [3.05, 3.63) is 65.4 Å². The SMILES string of the molecule is O=C(CCn1cnc2ccccc21)NN=Cc1ccccc1Cl. The first-order chi connectivity index (χ1) is 11.2. The van der Waals surface area contributed by atoms with E-state index in [1.165, 1.54) is 6.21 Å². The molecule has 116 valence electrons. The zero-order chi connectivity index (χ0) is 16.1. The number of benzene rings is 2. The molecule has 0 aliphatic carbocycles. The van der Waals surface area contributed by atoms with Crippen molar-refractivity contribution in [1.29, 1.82) is 0 Å². The van der Waals surface area contributed by atoms with Gasteiger partial charge in [0.15, 0.2) is 0 Å². The molecule has 0 saturated carbocycles. The highest BCUT2D eigenvalue weighted by Crippen LogP contribution is 2.13. The van der Waals surface area contributed by atoms with Crippen molar-refractivity contribution in [3.63, 3.8) is 0 Å². The number of hydrogen-bond acceptors (Lipinski definition) is 3. The van der Waals surface area contributed by atoms with Gasteiger partial charge in [-0.25, -0.2) is 10.4 Å². The number of carbonyl (C=O) groups is 1. The summed E-state index contributed by atoms with van der Waals surface area (Å²) in [5.41, 5.74) is 5.20. The lowest BCUT2D eigenvalue weighted by molar-refractivity contribution is -0.121. The number of fused-ring (bicyclic) bond motifs is 1. The first-order valence-corrected chi connectivity index (χ1v) is 7.58. The fourth-order valence-electron chi connectivity index (χ4n) is 2.22. The van der Waals surface area contributed by atoms with E-state index in [-0.39, 0.29) is 5.91 Å². The monoisotopic (exact) mass is 326 g/mol. The fraction of sp³-hybridized carbons (Fsp3) is 0.118. The van der Waals surface area contributed by atoms with Gasteiger partial charge >= 0.3 is 0 Å². The van der Waals surface area contributed by atoms with Crippen LogP contribution < -0.4 is 5.43 Å². The van der Waals surface area contributed by atoms with Gasteiger partial charge < -0.3 is 4.57 Å². The molecule has 3 aromatic rings. The summed E-state index contributed by atoms with van der Waals surface area (Å²) < 4.78 is 1.95. The molecule has 2 aromatic carbocycles. The Hall–Kier alpha value is -2.66. The molecule has 1 N–H and O–H groups in total. The third-order valence-electron chi connectivity index (χ3n) is 3.41. The van der Waals surface area contributed by atoms with Crippen LogP contribution in [0.3, 0.4) is 0 Å². The van der Waals surface area contributed by atoms with Crippen molar-refractivity contribution in [3.8, 4) is 0 Å². The molecule has 0 bridgehead atoms. The number of hydrazone groups is 1. The zero-order valence-corrected chi connectivity index (χ0v) is 13.1. The second-order valence-corrected chi connectivity index (χ2v) is 5.40. The van der Waals surface area contributed by atoms with Gasteiger partial charge in [-0.2, -0.15) is 5.10 Å². The highest BCUT2D eigenvalue weighted by molar-refractivity contribution is 6.33. The lowest BCUT2D eigenvalue weighted by atomic mass is 10.2. The minimum Gasteiger partial charge on any atom is -0.330 e. The van der Waals surface area contributed by atoms with Gasteiger partial charge in [0.1, 0.15) is 0 Å². The molecular weight excluding hydrogens is 312 g/mol.